The average molecular weight is 226 g/mol. The number of aryl methyl sites for hydroxylation is 1. The Morgan fingerprint density at radius 3 is 2.56 bits per heavy atom. The van der Waals surface area contributed by atoms with Gasteiger partial charge in [0.15, 0.2) is 0 Å². The minimum Gasteiger partial charge on any atom is -0.394 e. The van der Waals surface area contributed by atoms with Gasteiger partial charge in [-0.1, -0.05) is 19.1 Å². The number of hydrogen-bond acceptors (Lipinski definition) is 2. The van der Waals surface area contributed by atoms with Gasteiger partial charge in [0.2, 0.25) is 0 Å². The fraction of sp³-hybridized carbons (Fsp3) is 0.538. The van der Waals surface area contributed by atoms with Crippen LogP contribution >= 0.6 is 0 Å². The van der Waals surface area contributed by atoms with E-state index < -0.39 is 6.10 Å². The first-order valence-corrected chi connectivity index (χ1v) is 5.63. The molecule has 1 aromatic carbocycles. The number of benzene rings is 1. The van der Waals surface area contributed by atoms with Gasteiger partial charge in [0.25, 0.3) is 0 Å². The van der Waals surface area contributed by atoms with Crippen molar-refractivity contribution in [2.24, 2.45) is 0 Å². The maximum Gasteiger partial charge on any atom is 0.126 e. The van der Waals surface area contributed by atoms with E-state index in [9.17, 15) is 9.50 Å². The van der Waals surface area contributed by atoms with Crippen molar-refractivity contribution in [2.45, 2.75) is 38.7 Å². The minimum atomic E-state index is -0.773. The third-order valence-corrected chi connectivity index (χ3v) is 2.86. The number of aliphatic hydroxyl groups excluding tert-OH is 2. The molecule has 0 aliphatic carbocycles. The second-order valence-electron chi connectivity index (χ2n) is 4.20. The zero-order chi connectivity index (χ0) is 12.1. The Morgan fingerprint density at radius 2 is 2.06 bits per heavy atom. The third-order valence-electron chi connectivity index (χ3n) is 2.86. The Hall–Kier alpha value is -0.930. The molecule has 2 atom stereocenters. The molecule has 0 aromatic heterocycles. The normalized spacial score (nSPS) is 14.8. The Bertz CT molecular complexity index is 339. The molecule has 2 N–H and O–H groups in total. The summed E-state index contributed by atoms with van der Waals surface area (Å²) >= 11 is 0. The predicted molar refractivity (Wildman–Crippen MR) is 61.9 cm³/mol. The van der Waals surface area contributed by atoms with Crippen LogP contribution in [0.2, 0.25) is 0 Å². The highest BCUT2D eigenvalue weighted by Crippen LogP contribution is 2.27. The van der Waals surface area contributed by atoms with Crippen LogP contribution < -0.4 is 0 Å². The van der Waals surface area contributed by atoms with Gasteiger partial charge in [0.1, 0.15) is 5.82 Å². The van der Waals surface area contributed by atoms with Gasteiger partial charge in [-0.25, -0.2) is 4.39 Å². The lowest BCUT2D eigenvalue weighted by molar-refractivity contribution is 0.0814. The molecule has 0 amide bonds. The van der Waals surface area contributed by atoms with Crippen LogP contribution in [-0.2, 0) is 0 Å². The molecule has 1 aromatic rings. The van der Waals surface area contributed by atoms with Crippen LogP contribution in [0.3, 0.4) is 0 Å². The minimum absolute atomic E-state index is 0.0391. The first-order valence-electron chi connectivity index (χ1n) is 5.63. The molecule has 0 bridgehead atoms. The molecule has 0 aliphatic rings. The Balaban J connectivity index is 2.86. The summed E-state index contributed by atoms with van der Waals surface area (Å²) in [5.74, 6) is -0.264. The van der Waals surface area contributed by atoms with Crippen molar-refractivity contribution in [2.75, 3.05) is 6.61 Å². The van der Waals surface area contributed by atoms with Gasteiger partial charge in [0.05, 0.1) is 12.7 Å². The molecule has 90 valence electrons. The Labute approximate surface area is 95.7 Å². The van der Waals surface area contributed by atoms with E-state index in [1.54, 1.807) is 6.07 Å². The maximum absolute atomic E-state index is 13.7. The summed E-state index contributed by atoms with van der Waals surface area (Å²) in [5, 5.41) is 18.2. The average Bonchev–Trinajstić information content (AvgIpc) is 2.26. The number of halogens is 1. The number of aliphatic hydroxyl groups is 2. The molecule has 0 aliphatic heterocycles. The molecule has 16 heavy (non-hydrogen) atoms. The van der Waals surface area contributed by atoms with Gasteiger partial charge >= 0.3 is 0 Å². The summed E-state index contributed by atoms with van der Waals surface area (Å²) in [7, 11) is 0. The van der Waals surface area contributed by atoms with Gasteiger partial charge in [-0.05, 0) is 42.9 Å². The summed E-state index contributed by atoms with van der Waals surface area (Å²) in [6.07, 6.45) is 0.370. The van der Waals surface area contributed by atoms with Crippen LogP contribution in [-0.4, -0.2) is 22.9 Å². The fourth-order valence-corrected chi connectivity index (χ4v) is 1.88. The van der Waals surface area contributed by atoms with Crippen molar-refractivity contribution in [1.29, 1.82) is 0 Å². The zero-order valence-electron chi connectivity index (χ0n) is 9.78. The lowest BCUT2D eigenvalue weighted by Crippen LogP contribution is -2.16. The lowest BCUT2D eigenvalue weighted by atomic mass is 9.90. The highest BCUT2D eigenvalue weighted by Gasteiger charge is 2.17. The van der Waals surface area contributed by atoms with E-state index >= 15 is 0 Å². The first-order chi connectivity index (χ1) is 7.58. The van der Waals surface area contributed by atoms with E-state index in [2.05, 4.69) is 0 Å². The monoisotopic (exact) mass is 226 g/mol. The second kappa shape index (κ2) is 5.97. The van der Waals surface area contributed by atoms with Crippen molar-refractivity contribution >= 4 is 0 Å². The summed E-state index contributed by atoms with van der Waals surface area (Å²) < 4.78 is 13.7. The molecule has 0 saturated carbocycles. The number of rotatable bonds is 5. The van der Waals surface area contributed by atoms with Gasteiger partial charge in [-0.15, -0.1) is 0 Å². The van der Waals surface area contributed by atoms with Crippen LogP contribution in [0, 0.1) is 12.7 Å². The van der Waals surface area contributed by atoms with Crippen molar-refractivity contribution in [3.05, 3.63) is 35.1 Å². The van der Waals surface area contributed by atoms with Crippen LogP contribution in [0.25, 0.3) is 0 Å². The van der Waals surface area contributed by atoms with E-state index in [0.29, 0.717) is 12.0 Å². The quantitative estimate of drug-likeness (QED) is 0.809. The lowest BCUT2D eigenvalue weighted by Gasteiger charge is -2.19. The van der Waals surface area contributed by atoms with E-state index in [4.69, 9.17) is 5.11 Å². The highest BCUT2D eigenvalue weighted by atomic mass is 19.1. The summed E-state index contributed by atoms with van der Waals surface area (Å²) in [6, 6.07) is 5.14. The molecule has 1 rings (SSSR count). The SMILES string of the molecule is CCC(CC(O)CO)c1ccc(C)cc1F. The molecule has 3 heteroatoms. The van der Waals surface area contributed by atoms with Gasteiger partial charge in [-0.2, -0.15) is 0 Å². The number of hydrogen-bond donors (Lipinski definition) is 2. The Morgan fingerprint density at radius 1 is 1.38 bits per heavy atom. The van der Waals surface area contributed by atoms with Crippen molar-refractivity contribution in [3.8, 4) is 0 Å². The molecular weight excluding hydrogens is 207 g/mol. The molecule has 0 saturated heterocycles. The molecular formula is C13H19FO2. The van der Waals surface area contributed by atoms with Crippen LogP contribution in [0.1, 0.15) is 36.8 Å². The first kappa shape index (κ1) is 13.1. The summed E-state index contributed by atoms with van der Waals surface area (Å²) in [6.45, 7) is 3.52. The molecule has 0 spiro atoms. The maximum atomic E-state index is 13.7. The van der Waals surface area contributed by atoms with Gasteiger partial charge in [-0.3, -0.25) is 0 Å². The van der Waals surface area contributed by atoms with E-state index in [1.807, 2.05) is 19.9 Å². The highest BCUT2D eigenvalue weighted by molar-refractivity contribution is 5.26. The molecule has 2 nitrogen and oxygen atoms in total. The van der Waals surface area contributed by atoms with Crippen molar-refractivity contribution < 1.29 is 14.6 Å². The predicted octanol–water partition coefficient (Wildman–Crippen LogP) is 2.37. The van der Waals surface area contributed by atoms with Crippen LogP contribution in [0.15, 0.2) is 18.2 Å². The Kier molecular flexibility index (Phi) is 4.90. The molecule has 2 unspecified atom stereocenters. The van der Waals surface area contributed by atoms with Gasteiger partial charge in [0, 0.05) is 0 Å². The van der Waals surface area contributed by atoms with Crippen molar-refractivity contribution in [3.63, 3.8) is 0 Å². The molecule has 0 fully saturated rings. The van der Waals surface area contributed by atoms with Crippen LogP contribution in [0.5, 0.6) is 0 Å². The van der Waals surface area contributed by atoms with E-state index in [-0.39, 0.29) is 18.3 Å². The van der Waals surface area contributed by atoms with E-state index in [1.165, 1.54) is 6.07 Å². The van der Waals surface area contributed by atoms with Crippen molar-refractivity contribution in [1.82, 2.24) is 0 Å². The fourth-order valence-electron chi connectivity index (χ4n) is 1.88. The topological polar surface area (TPSA) is 40.5 Å². The van der Waals surface area contributed by atoms with Crippen LogP contribution in [0.4, 0.5) is 4.39 Å². The third kappa shape index (κ3) is 3.29. The largest absolute Gasteiger partial charge is 0.394 e. The van der Waals surface area contributed by atoms with Gasteiger partial charge < -0.3 is 10.2 Å². The smallest absolute Gasteiger partial charge is 0.126 e. The van der Waals surface area contributed by atoms with E-state index in [0.717, 1.165) is 12.0 Å². The second-order valence-corrected chi connectivity index (χ2v) is 4.20. The standard InChI is InChI=1S/C13H19FO2/c1-3-10(7-11(16)8-15)12-5-4-9(2)6-13(12)14/h4-6,10-11,15-16H,3,7-8H2,1-2H3. The zero-order valence-corrected chi connectivity index (χ0v) is 9.78. The molecule has 0 heterocycles. The summed E-state index contributed by atoms with van der Waals surface area (Å²) in [5.41, 5.74) is 1.51. The molecule has 0 radical (unpaired) electrons. The summed E-state index contributed by atoms with van der Waals surface area (Å²) in [4.78, 5) is 0.